The van der Waals surface area contributed by atoms with E-state index in [1.54, 1.807) is 13.0 Å². The van der Waals surface area contributed by atoms with Crippen LogP contribution >= 0.6 is 11.8 Å². The number of hydrogen-bond acceptors (Lipinski definition) is 8. The van der Waals surface area contributed by atoms with Crippen LogP contribution in [0.15, 0.2) is 21.7 Å². The highest BCUT2D eigenvalue weighted by Gasteiger charge is 2.15. The fourth-order valence-electron chi connectivity index (χ4n) is 1.57. The summed E-state index contributed by atoms with van der Waals surface area (Å²) in [5.41, 5.74) is 13.9. The maximum absolute atomic E-state index is 11.4. The summed E-state index contributed by atoms with van der Waals surface area (Å²) in [6.07, 6.45) is 0. The molecule has 8 nitrogen and oxygen atoms in total. The van der Waals surface area contributed by atoms with Gasteiger partial charge in [-0.2, -0.15) is 0 Å². The number of thioether (sulfide) groups is 1. The fraction of sp³-hybridized carbons (Fsp3) is 0.182. The molecule has 0 aliphatic carbocycles. The molecule has 0 aromatic carbocycles. The first-order valence-electron chi connectivity index (χ1n) is 5.62. The zero-order valence-electron chi connectivity index (χ0n) is 10.7. The van der Waals surface area contributed by atoms with Gasteiger partial charge < -0.3 is 15.9 Å². The standard InChI is InChI=1S/C11H14N6O2S/c1-5-2-6(19-9(5)10(18)17-14)4-20-11-15-7(12)3-8(13)16-11/h2-3H,4,14H2,1H3,(H,17,18)(H4,12,13,15,16). The summed E-state index contributed by atoms with van der Waals surface area (Å²) in [7, 11) is 0. The van der Waals surface area contributed by atoms with Crippen molar-refractivity contribution in [2.45, 2.75) is 17.8 Å². The van der Waals surface area contributed by atoms with E-state index in [1.165, 1.54) is 17.8 Å². The molecule has 0 radical (unpaired) electrons. The third-order valence-corrected chi connectivity index (χ3v) is 3.26. The van der Waals surface area contributed by atoms with Crippen molar-refractivity contribution >= 4 is 29.3 Å². The van der Waals surface area contributed by atoms with Crippen molar-refractivity contribution < 1.29 is 9.21 Å². The lowest BCUT2D eigenvalue weighted by molar-refractivity contribution is 0.0923. The van der Waals surface area contributed by atoms with E-state index in [9.17, 15) is 4.79 Å². The minimum atomic E-state index is -0.469. The molecule has 2 heterocycles. The molecule has 106 valence electrons. The lowest BCUT2D eigenvalue weighted by Crippen LogP contribution is -2.30. The van der Waals surface area contributed by atoms with Crippen molar-refractivity contribution in [3.63, 3.8) is 0 Å². The fourth-order valence-corrected chi connectivity index (χ4v) is 2.33. The SMILES string of the molecule is Cc1cc(CSc2nc(N)cc(N)n2)oc1C(=O)NN. The molecule has 0 atom stereocenters. The summed E-state index contributed by atoms with van der Waals surface area (Å²) in [5, 5.41) is 0.446. The Labute approximate surface area is 119 Å². The lowest BCUT2D eigenvalue weighted by atomic mass is 10.2. The zero-order chi connectivity index (χ0) is 14.7. The van der Waals surface area contributed by atoms with Gasteiger partial charge in [0.1, 0.15) is 17.4 Å². The van der Waals surface area contributed by atoms with E-state index in [4.69, 9.17) is 21.7 Å². The molecule has 0 bridgehead atoms. The average molecular weight is 294 g/mol. The van der Waals surface area contributed by atoms with E-state index in [-0.39, 0.29) is 5.76 Å². The van der Waals surface area contributed by atoms with Gasteiger partial charge in [0.2, 0.25) is 0 Å². The molecule has 7 N–H and O–H groups in total. The van der Waals surface area contributed by atoms with Gasteiger partial charge >= 0.3 is 5.91 Å². The van der Waals surface area contributed by atoms with Gasteiger partial charge in [-0.25, -0.2) is 15.8 Å². The number of hydrazine groups is 1. The molecule has 0 saturated carbocycles. The van der Waals surface area contributed by atoms with Gasteiger partial charge in [0.15, 0.2) is 10.9 Å². The van der Waals surface area contributed by atoms with E-state index in [2.05, 4.69) is 9.97 Å². The molecule has 0 fully saturated rings. The molecule has 2 aromatic rings. The molecule has 0 unspecified atom stereocenters. The molecule has 2 rings (SSSR count). The van der Waals surface area contributed by atoms with Crippen LogP contribution in [0.25, 0.3) is 0 Å². The Bertz CT molecular complexity index is 622. The van der Waals surface area contributed by atoms with Gasteiger partial charge in [-0.05, 0) is 13.0 Å². The number of carbonyl (C=O) groups excluding carboxylic acids is 1. The summed E-state index contributed by atoms with van der Waals surface area (Å²) >= 11 is 1.30. The van der Waals surface area contributed by atoms with Gasteiger partial charge in [0, 0.05) is 11.6 Å². The van der Waals surface area contributed by atoms with Crippen molar-refractivity contribution in [3.8, 4) is 0 Å². The summed E-state index contributed by atoms with van der Waals surface area (Å²) in [4.78, 5) is 19.5. The molecule has 0 aliphatic rings. The second kappa shape index (κ2) is 5.80. The van der Waals surface area contributed by atoms with Crippen molar-refractivity contribution in [1.82, 2.24) is 15.4 Å². The summed E-state index contributed by atoms with van der Waals surface area (Å²) in [6.45, 7) is 1.76. The van der Waals surface area contributed by atoms with Crippen molar-refractivity contribution in [2.75, 3.05) is 11.5 Å². The average Bonchev–Trinajstić information content (AvgIpc) is 2.76. The lowest BCUT2D eigenvalue weighted by Gasteiger charge is -2.01. The summed E-state index contributed by atoms with van der Waals surface area (Å²) in [5.74, 6) is 6.45. The van der Waals surface area contributed by atoms with E-state index < -0.39 is 5.91 Å². The first-order valence-corrected chi connectivity index (χ1v) is 6.61. The summed E-state index contributed by atoms with van der Waals surface area (Å²) < 4.78 is 5.42. The Kier molecular flexibility index (Phi) is 4.11. The molecule has 0 saturated heterocycles. The Balaban J connectivity index is 2.09. The normalized spacial score (nSPS) is 10.5. The van der Waals surface area contributed by atoms with Gasteiger partial charge in [-0.15, -0.1) is 0 Å². The van der Waals surface area contributed by atoms with Crippen LogP contribution in [-0.4, -0.2) is 15.9 Å². The van der Waals surface area contributed by atoms with Crippen molar-refractivity contribution in [2.24, 2.45) is 5.84 Å². The topological polar surface area (TPSA) is 146 Å². The number of nitrogens with two attached hydrogens (primary N) is 3. The van der Waals surface area contributed by atoms with Crippen LogP contribution in [0.4, 0.5) is 11.6 Å². The highest BCUT2D eigenvalue weighted by Crippen LogP contribution is 2.24. The summed E-state index contributed by atoms with van der Waals surface area (Å²) in [6, 6.07) is 3.23. The predicted molar refractivity (Wildman–Crippen MR) is 75.5 cm³/mol. The predicted octanol–water partition coefficient (Wildman–Crippen LogP) is 0.438. The Morgan fingerprint density at radius 1 is 1.35 bits per heavy atom. The Hall–Kier alpha value is -2.26. The third kappa shape index (κ3) is 3.19. The number of rotatable bonds is 4. The third-order valence-electron chi connectivity index (χ3n) is 2.39. The van der Waals surface area contributed by atoms with Crippen LogP contribution in [-0.2, 0) is 5.75 Å². The number of nitrogens with one attached hydrogen (secondary N) is 1. The van der Waals surface area contributed by atoms with Crippen molar-refractivity contribution in [3.05, 3.63) is 29.2 Å². The number of amides is 1. The molecule has 20 heavy (non-hydrogen) atoms. The van der Waals surface area contributed by atoms with Gasteiger partial charge in [0.05, 0.1) is 5.75 Å². The maximum Gasteiger partial charge on any atom is 0.301 e. The van der Waals surface area contributed by atoms with Crippen molar-refractivity contribution in [1.29, 1.82) is 0 Å². The van der Waals surface area contributed by atoms with Crippen LogP contribution in [0.3, 0.4) is 0 Å². The van der Waals surface area contributed by atoms with Crippen LogP contribution in [0.1, 0.15) is 21.9 Å². The van der Waals surface area contributed by atoms with E-state index in [0.717, 1.165) is 0 Å². The quantitative estimate of drug-likeness (QED) is 0.209. The number of nitrogen functional groups attached to an aromatic ring is 3. The number of aryl methyl sites for hydroxylation is 1. The molecule has 9 heteroatoms. The van der Waals surface area contributed by atoms with Crippen LogP contribution in [0.5, 0.6) is 0 Å². The van der Waals surface area contributed by atoms with E-state index >= 15 is 0 Å². The van der Waals surface area contributed by atoms with Crippen LogP contribution in [0.2, 0.25) is 0 Å². The van der Waals surface area contributed by atoms with Gasteiger partial charge in [-0.1, -0.05) is 11.8 Å². The smallest absolute Gasteiger partial charge is 0.301 e. The Morgan fingerprint density at radius 2 is 2.00 bits per heavy atom. The number of nitrogens with zero attached hydrogens (tertiary/aromatic N) is 2. The highest BCUT2D eigenvalue weighted by atomic mass is 32.2. The van der Waals surface area contributed by atoms with Gasteiger partial charge in [0.25, 0.3) is 0 Å². The minimum Gasteiger partial charge on any atom is -0.455 e. The first-order chi connectivity index (χ1) is 9.49. The zero-order valence-corrected chi connectivity index (χ0v) is 11.5. The first kappa shape index (κ1) is 14.2. The number of hydrogen-bond donors (Lipinski definition) is 4. The van der Waals surface area contributed by atoms with Gasteiger partial charge in [-0.3, -0.25) is 10.2 Å². The molecule has 2 aromatic heterocycles. The Morgan fingerprint density at radius 3 is 2.60 bits per heavy atom. The minimum absolute atomic E-state index is 0.191. The number of aromatic nitrogens is 2. The van der Waals surface area contributed by atoms with Crippen LogP contribution < -0.4 is 22.7 Å². The molecule has 0 aliphatic heterocycles. The largest absolute Gasteiger partial charge is 0.455 e. The highest BCUT2D eigenvalue weighted by molar-refractivity contribution is 7.98. The monoisotopic (exact) mass is 294 g/mol. The molecule has 0 spiro atoms. The maximum atomic E-state index is 11.4. The van der Waals surface area contributed by atoms with Crippen LogP contribution in [0, 0.1) is 6.92 Å². The van der Waals surface area contributed by atoms with E-state index in [1.807, 2.05) is 5.43 Å². The second-order valence-electron chi connectivity index (χ2n) is 3.99. The number of furan rings is 1. The van der Waals surface area contributed by atoms with E-state index in [0.29, 0.717) is 33.9 Å². The molecule has 1 amide bonds. The molecular formula is C11H14N6O2S. The second-order valence-corrected chi connectivity index (χ2v) is 4.93. The number of anilines is 2. The molecular weight excluding hydrogens is 280 g/mol. The number of carbonyl (C=O) groups is 1.